The van der Waals surface area contributed by atoms with Crippen LogP contribution in [-0.4, -0.2) is 15.9 Å². The third kappa shape index (κ3) is 3.24. The molecule has 0 radical (unpaired) electrons. The molecule has 0 aromatic carbocycles. The summed E-state index contributed by atoms with van der Waals surface area (Å²) in [6.07, 6.45) is 1.57. The fraction of sp³-hybridized carbons (Fsp3) is 0.100. The molecular formula is C10H7BrClN3OS. The number of nitrogens with zero attached hydrogens (tertiary/aromatic N) is 2. The zero-order valence-corrected chi connectivity index (χ0v) is 11.6. The number of halogens is 2. The first-order valence-corrected chi connectivity index (χ1v) is 6.83. The van der Waals surface area contributed by atoms with Gasteiger partial charge in [0.05, 0.1) is 11.6 Å². The number of thiazole rings is 1. The van der Waals surface area contributed by atoms with E-state index >= 15 is 0 Å². The first-order chi connectivity index (χ1) is 8.19. The van der Waals surface area contributed by atoms with Crippen LogP contribution in [0.25, 0.3) is 0 Å². The van der Waals surface area contributed by atoms with Gasteiger partial charge in [-0.1, -0.05) is 0 Å². The molecule has 0 fully saturated rings. The summed E-state index contributed by atoms with van der Waals surface area (Å²) < 4.78 is 0.827. The number of aromatic nitrogens is 2. The van der Waals surface area contributed by atoms with E-state index in [1.54, 1.807) is 23.7 Å². The van der Waals surface area contributed by atoms with E-state index in [1.807, 2.05) is 0 Å². The molecule has 0 aliphatic heterocycles. The molecule has 0 spiro atoms. The minimum Gasteiger partial charge on any atom is -0.296 e. The molecule has 1 N–H and O–H groups in total. The Bertz CT molecular complexity index is 529. The van der Waals surface area contributed by atoms with Gasteiger partial charge in [-0.15, -0.1) is 22.9 Å². The molecule has 7 heteroatoms. The third-order valence-electron chi connectivity index (χ3n) is 1.87. The van der Waals surface area contributed by atoms with E-state index in [1.165, 1.54) is 11.3 Å². The molecule has 88 valence electrons. The van der Waals surface area contributed by atoms with Crippen molar-refractivity contribution in [1.82, 2.24) is 9.97 Å². The second-order valence-corrected chi connectivity index (χ2v) is 5.13. The molecule has 2 aromatic rings. The molecule has 2 rings (SSSR count). The number of nitrogens with one attached hydrogen (secondary N) is 1. The molecule has 0 aliphatic carbocycles. The van der Waals surface area contributed by atoms with E-state index in [-0.39, 0.29) is 5.91 Å². The van der Waals surface area contributed by atoms with Crippen molar-refractivity contribution < 1.29 is 4.79 Å². The van der Waals surface area contributed by atoms with Crippen LogP contribution in [0.2, 0.25) is 0 Å². The lowest BCUT2D eigenvalue weighted by atomic mass is 10.3. The zero-order chi connectivity index (χ0) is 12.3. The van der Waals surface area contributed by atoms with Crippen LogP contribution in [-0.2, 0) is 5.88 Å². The average Bonchev–Trinajstić information content (AvgIpc) is 2.77. The minimum absolute atomic E-state index is 0.284. The van der Waals surface area contributed by atoms with Gasteiger partial charge in [0.2, 0.25) is 0 Å². The minimum atomic E-state index is -0.284. The van der Waals surface area contributed by atoms with Gasteiger partial charge < -0.3 is 0 Å². The number of alkyl halides is 1. The lowest BCUT2D eigenvalue weighted by Crippen LogP contribution is -2.13. The van der Waals surface area contributed by atoms with E-state index in [2.05, 4.69) is 31.2 Å². The summed E-state index contributed by atoms with van der Waals surface area (Å²) >= 11 is 10.2. The monoisotopic (exact) mass is 331 g/mol. The highest BCUT2D eigenvalue weighted by molar-refractivity contribution is 9.10. The highest BCUT2D eigenvalue weighted by Crippen LogP contribution is 2.17. The number of carbonyl (C=O) groups excluding carboxylic acids is 1. The molecule has 2 heterocycles. The maximum Gasteiger partial charge on any atom is 0.276 e. The summed E-state index contributed by atoms with van der Waals surface area (Å²) in [4.78, 5) is 19.9. The molecule has 0 saturated carbocycles. The highest BCUT2D eigenvalue weighted by Gasteiger charge is 2.09. The van der Waals surface area contributed by atoms with Gasteiger partial charge in [-0.2, -0.15) is 0 Å². The molecule has 0 bridgehead atoms. The number of hydrogen-bond acceptors (Lipinski definition) is 4. The van der Waals surface area contributed by atoms with Crippen LogP contribution in [0.3, 0.4) is 0 Å². The zero-order valence-electron chi connectivity index (χ0n) is 8.48. The number of pyridine rings is 1. The molecular weight excluding hydrogens is 326 g/mol. The van der Waals surface area contributed by atoms with Gasteiger partial charge in [0, 0.05) is 16.0 Å². The molecule has 0 unspecified atom stereocenters. The SMILES string of the molecule is O=C(Nc1nc(CCl)cs1)c1ccc(Br)cn1. The van der Waals surface area contributed by atoms with Crippen molar-refractivity contribution in [3.8, 4) is 0 Å². The number of amides is 1. The molecule has 0 atom stereocenters. The smallest absolute Gasteiger partial charge is 0.276 e. The second kappa shape index (κ2) is 5.57. The van der Waals surface area contributed by atoms with Crippen LogP contribution in [0, 0.1) is 0 Å². The average molecular weight is 333 g/mol. The second-order valence-electron chi connectivity index (χ2n) is 3.09. The Morgan fingerprint density at radius 2 is 2.35 bits per heavy atom. The third-order valence-corrected chi connectivity index (χ3v) is 3.42. The van der Waals surface area contributed by atoms with Crippen molar-refractivity contribution >= 4 is 49.9 Å². The van der Waals surface area contributed by atoms with Crippen LogP contribution in [0.15, 0.2) is 28.2 Å². The quantitative estimate of drug-likeness (QED) is 0.878. The van der Waals surface area contributed by atoms with E-state index < -0.39 is 0 Å². The Morgan fingerprint density at radius 3 is 2.94 bits per heavy atom. The van der Waals surface area contributed by atoms with Gasteiger partial charge in [0.15, 0.2) is 5.13 Å². The largest absolute Gasteiger partial charge is 0.296 e. The molecule has 4 nitrogen and oxygen atoms in total. The maximum atomic E-state index is 11.8. The van der Waals surface area contributed by atoms with Crippen LogP contribution < -0.4 is 5.32 Å². The van der Waals surface area contributed by atoms with Crippen LogP contribution in [0.4, 0.5) is 5.13 Å². The molecule has 17 heavy (non-hydrogen) atoms. The standard InChI is InChI=1S/C10H7BrClN3OS/c11-6-1-2-8(13-4-6)9(16)15-10-14-7(3-12)5-17-10/h1-2,4-5H,3H2,(H,14,15,16). The van der Waals surface area contributed by atoms with Crippen molar-refractivity contribution in [2.45, 2.75) is 5.88 Å². The molecule has 2 aromatic heterocycles. The predicted molar refractivity (Wildman–Crippen MR) is 71.6 cm³/mol. The Morgan fingerprint density at radius 1 is 1.53 bits per heavy atom. The van der Waals surface area contributed by atoms with Gasteiger partial charge in [0.1, 0.15) is 5.69 Å². The van der Waals surface area contributed by atoms with Crippen LogP contribution in [0.5, 0.6) is 0 Å². The van der Waals surface area contributed by atoms with E-state index in [0.717, 1.165) is 10.2 Å². The van der Waals surface area contributed by atoms with Crippen molar-refractivity contribution in [2.75, 3.05) is 5.32 Å². The van der Waals surface area contributed by atoms with Gasteiger partial charge in [-0.3, -0.25) is 10.1 Å². The Balaban J connectivity index is 2.08. The van der Waals surface area contributed by atoms with Crippen molar-refractivity contribution in [1.29, 1.82) is 0 Å². The fourth-order valence-electron chi connectivity index (χ4n) is 1.10. The number of carbonyl (C=O) groups is 1. The summed E-state index contributed by atoms with van der Waals surface area (Å²) in [6, 6.07) is 3.39. The number of anilines is 1. The predicted octanol–water partition coefficient (Wildman–Crippen LogP) is 3.29. The summed E-state index contributed by atoms with van der Waals surface area (Å²) in [5.41, 5.74) is 1.09. The first kappa shape index (κ1) is 12.5. The lowest BCUT2D eigenvalue weighted by Gasteiger charge is -2.00. The maximum absolute atomic E-state index is 11.8. The first-order valence-electron chi connectivity index (χ1n) is 4.62. The lowest BCUT2D eigenvalue weighted by molar-refractivity contribution is 0.102. The topological polar surface area (TPSA) is 54.9 Å². The Labute approximate surface area is 115 Å². The van der Waals surface area contributed by atoms with Crippen molar-refractivity contribution in [3.05, 3.63) is 39.6 Å². The summed E-state index contributed by atoms with van der Waals surface area (Å²) in [7, 11) is 0. The summed E-state index contributed by atoms with van der Waals surface area (Å²) in [5, 5.41) is 4.99. The van der Waals surface area contributed by atoms with E-state index in [4.69, 9.17) is 11.6 Å². The van der Waals surface area contributed by atoms with Gasteiger partial charge in [-0.25, -0.2) is 9.97 Å². The number of hydrogen-bond donors (Lipinski definition) is 1. The Kier molecular flexibility index (Phi) is 4.09. The van der Waals surface area contributed by atoms with Crippen molar-refractivity contribution in [3.63, 3.8) is 0 Å². The highest BCUT2D eigenvalue weighted by atomic mass is 79.9. The van der Waals surface area contributed by atoms with E-state index in [0.29, 0.717) is 16.7 Å². The molecule has 0 aliphatic rings. The van der Waals surface area contributed by atoms with Crippen LogP contribution >= 0.6 is 38.9 Å². The summed E-state index contributed by atoms with van der Waals surface area (Å²) in [5.74, 6) is 0.0519. The van der Waals surface area contributed by atoms with E-state index in [9.17, 15) is 4.79 Å². The number of rotatable bonds is 3. The van der Waals surface area contributed by atoms with Crippen LogP contribution in [0.1, 0.15) is 16.2 Å². The molecule has 1 amide bonds. The Hall–Kier alpha value is -0.980. The fourth-order valence-corrected chi connectivity index (χ4v) is 2.27. The van der Waals surface area contributed by atoms with Gasteiger partial charge in [0.25, 0.3) is 5.91 Å². The van der Waals surface area contributed by atoms with Crippen molar-refractivity contribution in [2.24, 2.45) is 0 Å². The van der Waals surface area contributed by atoms with Gasteiger partial charge >= 0.3 is 0 Å². The summed E-state index contributed by atoms with van der Waals surface area (Å²) in [6.45, 7) is 0. The van der Waals surface area contributed by atoms with Gasteiger partial charge in [-0.05, 0) is 28.1 Å². The molecule has 0 saturated heterocycles. The normalized spacial score (nSPS) is 10.2.